The average molecular weight is 564 g/mol. The summed E-state index contributed by atoms with van der Waals surface area (Å²) in [5.41, 5.74) is 0.621. The van der Waals surface area contributed by atoms with Crippen molar-refractivity contribution in [2.45, 2.75) is 25.2 Å². The first-order chi connectivity index (χ1) is 19.3. The van der Waals surface area contributed by atoms with Crippen molar-refractivity contribution in [1.29, 1.82) is 0 Å². The number of aryl methyl sites for hydroxylation is 1. The standard InChI is InChI=1S/C30H30ClN3O6/c1-34(38-2)29(37)30(16-15-21-9-5-3-6-10-21,40-20-27(35)39-19-22-11-7-4-8-12-22)33-28(36)26-18-23-17-24(31)13-14-25(23)32-26/h3-14,17-18,32H,15-16,19-20H2,1-2H3,(H,33,36)/t30-/m1/s1. The molecule has 0 bridgehead atoms. The summed E-state index contributed by atoms with van der Waals surface area (Å²) in [5.74, 6) is -2.01. The highest BCUT2D eigenvalue weighted by molar-refractivity contribution is 6.31. The van der Waals surface area contributed by atoms with Gasteiger partial charge in [0.15, 0.2) is 0 Å². The number of halogens is 1. The van der Waals surface area contributed by atoms with Crippen LogP contribution in [0.25, 0.3) is 10.9 Å². The molecule has 0 aliphatic heterocycles. The number of nitrogens with one attached hydrogen (secondary N) is 2. The van der Waals surface area contributed by atoms with Gasteiger partial charge in [-0.05, 0) is 41.8 Å². The zero-order valence-corrected chi connectivity index (χ0v) is 22.9. The van der Waals surface area contributed by atoms with E-state index in [1.165, 1.54) is 14.2 Å². The van der Waals surface area contributed by atoms with Gasteiger partial charge >= 0.3 is 5.97 Å². The molecule has 208 valence electrons. The van der Waals surface area contributed by atoms with Crippen molar-refractivity contribution in [3.05, 3.63) is 107 Å². The molecule has 0 spiro atoms. The van der Waals surface area contributed by atoms with E-state index < -0.39 is 30.1 Å². The third kappa shape index (κ3) is 7.26. The van der Waals surface area contributed by atoms with Crippen molar-refractivity contribution >= 4 is 40.3 Å². The number of ether oxygens (including phenoxy) is 2. The van der Waals surface area contributed by atoms with Gasteiger partial charge in [0.2, 0.25) is 5.72 Å². The summed E-state index contributed by atoms with van der Waals surface area (Å²) in [6.45, 7) is -0.552. The van der Waals surface area contributed by atoms with Crippen LogP contribution < -0.4 is 5.32 Å². The zero-order chi connectivity index (χ0) is 28.5. The molecule has 1 aromatic heterocycles. The molecule has 2 amide bonds. The number of amides is 2. The summed E-state index contributed by atoms with van der Waals surface area (Å²) < 4.78 is 11.3. The second-order valence-electron chi connectivity index (χ2n) is 9.10. The van der Waals surface area contributed by atoms with Crippen LogP contribution in [0.15, 0.2) is 84.9 Å². The lowest BCUT2D eigenvalue weighted by Gasteiger charge is -2.35. The van der Waals surface area contributed by atoms with E-state index in [1.54, 1.807) is 24.3 Å². The van der Waals surface area contributed by atoms with Gasteiger partial charge in [-0.1, -0.05) is 72.3 Å². The predicted octanol–water partition coefficient (Wildman–Crippen LogP) is 4.66. The van der Waals surface area contributed by atoms with E-state index >= 15 is 0 Å². The Bertz CT molecular complexity index is 1460. The van der Waals surface area contributed by atoms with Crippen LogP contribution in [-0.4, -0.2) is 54.3 Å². The van der Waals surface area contributed by atoms with Crippen LogP contribution in [0.1, 0.15) is 28.0 Å². The Balaban J connectivity index is 1.60. The van der Waals surface area contributed by atoms with Gasteiger partial charge in [0, 0.05) is 29.4 Å². The highest BCUT2D eigenvalue weighted by Gasteiger charge is 2.44. The Morgan fingerprint density at radius 2 is 1.62 bits per heavy atom. The Hall–Kier alpha value is -4.18. The average Bonchev–Trinajstić information content (AvgIpc) is 3.41. The second-order valence-corrected chi connectivity index (χ2v) is 9.54. The molecule has 0 fully saturated rings. The Morgan fingerprint density at radius 1 is 0.950 bits per heavy atom. The molecule has 4 rings (SSSR count). The highest BCUT2D eigenvalue weighted by Crippen LogP contribution is 2.24. The molecule has 1 atom stereocenters. The monoisotopic (exact) mass is 563 g/mol. The molecule has 10 heteroatoms. The number of H-pyrrole nitrogens is 1. The van der Waals surface area contributed by atoms with Crippen LogP contribution in [-0.2, 0) is 36.9 Å². The number of rotatable bonds is 12. The third-order valence-electron chi connectivity index (χ3n) is 6.34. The van der Waals surface area contributed by atoms with E-state index in [-0.39, 0.29) is 18.7 Å². The lowest BCUT2D eigenvalue weighted by molar-refractivity contribution is -0.201. The van der Waals surface area contributed by atoms with Gasteiger partial charge in [0.05, 0.1) is 7.11 Å². The fourth-order valence-electron chi connectivity index (χ4n) is 4.13. The van der Waals surface area contributed by atoms with Crippen LogP contribution in [0.5, 0.6) is 0 Å². The molecule has 3 aromatic carbocycles. The van der Waals surface area contributed by atoms with E-state index in [1.807, 2.05) is 60.7 Å². The van der Waals surface area contributed by atoms with Crippen molar-refractivity contribution in [1.82, 2.24) is 15.4 Å². The van der Waals surface area contributed by atoms with E-state index in [9.17, 15) is 14.4 Å². The van der Waals surface area contributed by atoms with Crippen LogP contribution >= 0.6 is 11.6 Å². The number of carbonyl (C=O) groups is 3. The molecule has 2 N–H and O–H groups in total. The lowest BCUT2D eigenvalue weighted by Crippen LogP contribution is -2.61. The van der Waals surface area contributed by atoms with Gasteiger partial charge in [0.1, 0.15) is 18.9 Å². The largest absolute Gasteiger partial charge is 0.459 e. The summed E-state index contributed by atoms with van der Waals surface area (Å²) in [5, 5.41) is 4.92. The topological polar surface area (TPSA) is 110 Å². The highest BCUT2D eigenvalue weighted by atomic mass is 35.5. The molecule has 9 nitrogen and oxygen atoms in total. The number of fused-ring (bicyclic) bond motifs is 1. The van der Waals surface area contributed by atoms with Crippen LogP contribution in [0.3, 0.4) is 0 Å². The maximum atomic E-state index is 13.7. The molecule has 0 unspecified atom stereocenters. The van der Waals surface area contributed by atoms with Crippen LogP contribution in [0.4, 0.5) is 0 Å². The number of nitrogens with zero attached hydrogens (tertiary/aromatic N) is 1. The first kappa shape index (κ1) is 28.8. The fourth-order valence-corrected chi connectivity index (χ4v) is 4.31. The molecule has 0 saturated carbocycles. The molecule has 0 saturated heterocycles. The number of aromatic nitrogens is 1. The number of carbonyl (C=O) groups excluding carboxylic acids is 3. The molecule has 0 aliphatic carbocycles. The van der Waals surface area contributed by atoms with Crippen LogP contribution in [0.2, 0.25) is 5.02 Å². The smallest absolute Gasteiger partial charge is 0.332 e. The SMILES string of the molecule is CON(C)C(=O)[C@](CCc1ccccc1)(NC(=O)c1cc2cc(Cl)ccc2[nH]1)OCC(=O)OCc1ccccc1. The second kappa shape index (κ2) is 13.3. The van der Waals surface area contributed by atoms with Crippen LogP contribution in [0, 0.1) is 0 Å². The van der Waals surface area contributed by atoms with E-state index in [4.69, 9.17) is 25.9 Å². The van der Waals surface area contributed by atoms with Crippen molar-refractivity contribution in [3.8, 4) is 0 Å². The van der Waals surface area contributed by atoms with Crippen molar-refractivity contribution in [2.24, 2.45) is 0 Å². The molecule has 1 heterocycles. The minimum absolute atomic E-state index is 0.00725. The lowest BCUT2D eigenvalue weighted by atomic mass is 10.0. The molecule has 0 radical (unpaired) electrons. The number of hydrogen-bond donors (Lipinski definition) is 2. The number of likely N-dealkylation sites (N-methyl/N-ethyl adjacent to an activating group) is 1. The summed E-state index contributed by atoms with van der Waals surface area (Å²) in [7, 11) is 2.71. The van der Waals surface area contributed by atoms with E-state index in [0.717, 1.165) is 21.6 Å². The number of hydrogen-bond acceptors (Lipinski definition) is 6. The summed E-state index contributed by atoms with van der Waals surface area (Å²) in [6, 6.07) is 25.4. The minimum atomic E-state index is -1.96. The third-order valence-corrected chi connectivity index (χ3v) is 6.57. The first-order valence-electron chi connectivity index (χ1n) is 12.6. The van der Waals surface area contributed by atoms with Crippen molar-refractivity contribution in [2.75, 3.05) is 20.8 Å². The summed E-state index contributed by atoms with van der Waals surface area (Å²) >= 11 is 6.10. The maximum Gasteiger partial charge on any atom is 0.332 e. The molecular formula is C30H30ClN3O6. The number of benzene rings is 3. The predicted molar refractivity (Wildman–Crippen MR) is 150 cm³/mol. The zero-order valence-electron chi connectivity index (χ0n) is 22.2. The van der Waals surface area contributed by atoms with Gasteiger partial charge in [-0.2, -0.15) is 0 Å². The summed E-state index contributed by atoms with van der Waals surface area (Å²) in [4.78, 5) is 48.0. The molecule has 4 aromatic rings. The van der Waals surface area contributed by atoms with Gasteiger partial charge in [0.25, 0.3) is 11.8 Å². The van der Waals surface area contributed by atoms with Crippen molar-refractivity contribution < 1.29 is 28.7 Å². The Labute approximate surface area is 236 Å². The number of aromatic amines is 1. The maximum absolute atomic E-state index is 13.7. The van der Waals surface area contributed by atoms with E-state index in [0.29, 0.717) is 17.0 Å². The molecule has 0 aliphatic rings. The van der Waals surface area contributed by atoms with Gasteiger partial charge in [-0.25, -0.2) is 9.86 Å². The van der Waals surface area contributed by atoms with Gasteiger partial charge in [-0.15, -0.1) is 0 Å². The Kier molecular flexibility index (Phi) is 9.55. The Morgan fingerprint density at radius 3 is 2.30 bits per heavy atom. The minimum Gasteiger partial charge on any atom is -0.459 e. The van der Waals surface area contributed by atoms with Gasteiger partial charge in [-0.3, -0.25) is 14.4 Å². The van der Waals surface area contributed by atoms with E-state index in [2.05, 4.69) is 10.3 Å². The van der Waals surface area contributed by atoms with Crippen molar-refractivity contribution in [3.63, 3.8) is 0 Å². The summed E-state index contributed by atoms with van der Waals surface area (Å²) in [6.07, 6.45) is 0.360. The first-order valence-corrected chi connectivity index (χ1v) is 13.0. The normalized spacial score (nSPS) is 12.5. The number of hydroxylamine groups is 2. The molecule has 40 heavy (non-hydrogen) atoms. The fraction of sp³-hybridized carbons (Fsp3) is 0.233. The van der Waals surface area contributed by atoms with Gasteiger partial charge < -0.3 is 19.8 Å². The molecular weight excluding hydrogens is 534 g/mol. The quantitative estimate of drug-likeness (QED) is 0.147. The number of esters is 1.